The lowest BCUT2D eigenvalue weighted by Crippen LogP contribution is -2.15. The summed E-state index contributed by atoms with van der Waals surface area (Å²) in [6.45, 7) is 2.17. The molecule has 1 aromatic carbocycles. The highest BCUT2D eigenvalue weighted by atomic mass is 16.5. The van der Waals surface area contributed by atoms with E-state index in [1.807, 2.05) is 24.3 Å². The monoisotopic (exact) mass is 286 g/mol. The van der Waals surface area contributed by atoms with Gasteiger partial charge < -0.3 is 15.7 Å². The molecule has 0 aliphatic heterocycles. The number of aryl methyl sites for hydroxylation is 1. The zero-order valence-corrected chi connectivity index (χ0v) is 11.9. The topological polar surface area (TPSA) is 93.6 Å². The Morgan fingerprint density at radius 2 is 2.00 bits per heavy atom. The minimum absolute atomic E-state index is 0.0886. The van der Waals surface area contributed by atoms with Crippen molar-refractivity contribution in [2.45, 2.75) is 26.2 Å². The summed E-state index contributed by atoms with van der Waals surface area (Å²) in [4.78, 5) is 8.06. The highest BCUT2D eigenvalue weighted by molar-refractivity contribution is 5.94. The molecule has 0 amide bonds. The predicted octanol–water partition coefficient (Wildman–Crippen LogP) is 2.71. The van der Waals surface area contributed by atoms with E-state index in [9.17, 15) is 0 Å². The Morgan fingerprint density at radius 3 is 2.57 bits per heavy atom. The van der Waals surface area contributed by atoms with Crippen LogP contribution in [0.3, 0.4) is 0 Å². The molecule has 110 valence electrons. The van der Waals surface area contributed by atoms with Crippen LogP contribution in [0.5, 0.6) is 11.6 Å². The number of benzene rings is 1. The van der Waals surface area contributed by atoms with Gasteiger partial charge in [0.1, 0.15) is 11.4 Å². The second-order valence-corrected chi connectivity index (χ2v) is 4.57. The predicted molar refractivity (Wildman–Crippen MR) is 79.7 cm³/mol. The van der Waals surface area contributed by atoms with E-state index in [0.717, 1.165) is 6.42 Å². The molecule has 6 nitrogen and oxygen atoms in total. The maximum Gasteiger partial charge on any atom is 0.237 e. The summed E-state index contributed by atoms with van der Waals surface area (Å²) in [5.74, 6) is 0.959. The molecule has 0 fully saturated rings. The maximum absolute atomic E-state index is 8.54. The van der Waals surface area contributed by atoms with Gasteiger partial charge in [0.15, 0.2) is 5.84 Å². The van der Waals surface area contributed by atoms with Crippen LogP contribution in [-0.2, 0) is 6.42 Å². The second kappa shape index (κ2) is 7.23. The Labute approximate surface area is 123 Å². The number of amidine groups is 1. The van der Waals surface area contributed by atoms with Crippen molar-refractivity contribution in [1.29, 1.82) is 0 Å². The van der Waals surface area contributed by atoms with Gasteiger partial charge in [-0.3, -0.25) is 0 Å². The standard InChI is InChI=1S/C15H18N4O2/c1-2-3-4-11-5-7-12(8-6-11)21-14-10-17-13(9-18-14)15(16)19-20/h5-10,20H,2-4H2,1H3,(H2,16,19). The average Bonchev–Trinajstić information content (AvgIpc) is 2.54. The van der Waals surface area contributed by atoms with Gasteiger partial charge in [-0.1, -0.05) is 30.6 Å². The summed E-state index contributed by atoms with van der Waals surface area (Å²) in [6, 6.07) is 7.90. The van der Waals surface area contributed by atoms with Crippen LogP contribution in [0.4, 0.5) is 0 Å². The van der Waals surface area contributed by atoms with Gasteiger partial charge >= 0.3 is 0 Å². The third kappa shape index (κ3) is 4.17. The minimum atomic E-state index is -0.0886. The zero-order valence-electron chi connectivity index (χ0n) is 11.9. The maximum atomic E-state index is 8.54. The van der Waals surface area contributed by atoms with E-state index in [4.69, 9.17) is 15.7 Å². The van der Waals surface area contributed by atoms with E-state index in [0.29, 0.717) is 17.3 Å². The van der Waals surface area contributed by atoms with Crippen LogP contribution in [0.2, 0.25) is 0 Å². The first-order valence-corrected chi connectivity index (χ1v) is 6.79. The molecule has 2 rings (SSSR count). The van der Waals surface area contributed by atoms with Crippen LogP contribution in [0.15, 0.2) is 41.8 Å². The normalized spacial score (nSPS) is 11.4. The van der Waals surface area contributed by atoms with Crippen LogP contribution >= 0.6 is 0 Å². The molecular weight excluding hydrogens is 268 g/mol. The van der Waals surface area contributed by atoms with Crippen molar-refractivity contribution >= 4 is 5.84 Å². The van der Waals surface area contributed by atoms with Gasteiger partial charge in [-0.05, 0) is 30.5 Å². The lowest BCUT2D eigenvalue weighted by atomic mass is 10.1. The molecule has 0 aliphatic rings. The summed E-state index contributed by atoms with van der Waals surface area (Å²) in [5.41, 5.74) is 6.99. The van der Waals surface area contributed by atoms with Gasteiger partial charge in [-0.15, -0.1) is 0 Å². The molecule has 0 spiro atoms. The number of aromatic nitrogens is 2. The number of hydrogen-bond acceptors (Lipinski definition) is 5. The highest BCUT2D eigenvalue weighted by Gasteiger charge is 2.04. The number of nitrogens with zero attached hydrogens (tertiary/aromatic N) is 3. The lowest BCUT2D eigenvalue weighted by Gasteiger charge is -2.06. The van der Waals surface area contributed by atoms with Gasteiger partial charge in [0.25, 0.3) is 0 Å². The first kappa shape index (κ1) is 14.8. The number of ether oxygens (including phenoxy) is 1. The third-order valence-corrected chi connectivity index (χ3v) is 2.96. The Hall–Kier alpha value is -2.63. The molecule has 0 radical (unpaired) electrons. The molecule has 3 N–H and O–H groups in total. The van der Waals surface area contributed by atoms with Gasteiger partial charge in [0, 0.05) is 0 Å². The van der Waals surface area contributed by atoms with Crippen molar-refractivity contribution < 1.29 is 9.94 Å². The number of unbranched alkanes of at least 4 members (excludes halogenated alkanes) is 1. The van der Waals surface area contributed by atoms with Crippen LogP contribution in [-0.4, -0.2) is 21.0 Å². The molecule has 6 heteroatoms. The molecule has 2 aromatic rings. The molecule has 1 aromatic heterocycles. The summed E-state index contributed by atoms with van der Waals surface area (Å²) < 4.78 is 5.59. The lowest BCUT2D eigenvalue weighted by molar-refractivity contribution is 0.318. The van der Waals surface area contributed by atoms with E-state index < -0.39 is 0 Å². The van der Waals surface area contributed by atoms with E-state index in [1.54, 1.807) is 0 Å². The molecule has 0 bridgehead atoms. The first-order chi connectivity index (χ1) is 10.2. The van der Waals surface area contributed by atoms with Gasteiger partial charge in [-0.25, -0.2) is 9.97 Å². The van der Waals surface area contributed by atoms with E-state index >= 15 is 0 Å². The van der Waals surface area contributed by atoms with Gasteiger partial charge in [-0.2, -0.15) is 0 Å². The molecule has 0 saturated heterocycles. The molecule has 1 heterocycles. The molecule has 0 aliphatic carbocycles. The van der Waals surface area contributed by atoms with Crippen LogP contribution in [0.1, 0.15) is 31.0 Å². The summed E-state index contributed by atoms with van der Waals surface area (Å²) in [5, 5.41) is 11.4. The fraction of sp³-hybridized carbons (Fsp3) is 0.267. The van der Waals surface area contributed by atoms with E-state index in [1.165, 1.54) is 30.8 Å². The van der Waals surface area contributed by atoms with Crippen LogP contribution in [0.25, 0.3) is 0 Å². The summed E-state index contributed by atoms with van der Waals surface area (Å²) in [7, 11) is 0. The van der Waals surface area contributed by atoms with Gasteiger partial charge in [0.05, 0.1) is 12.4 Å². The Bertz CT molecular complexity index is 594. The second-order valence-electron chi connectivity index (χ2n) is 4.57. The summed E-state index contributed by atoms with van der Waals surface area (Å²) >= 11 is 0. The first-order valence-electron chi connectivity index (χ1n) is 6.79. The molecule has 0 saturated carbocycles. The largest absolute Gasteiger partial charge is 0.438 e. The quantitative estimate of drug-likeness (QED) is 0.368. The van der Waals surface area contributed by atoms with Crippen molar-refractivity contribution in [2.75, 3.05) is 0 Å². The number of oxime groups is 1. The fourth-order valence-corrected chi connectivity index (χ4v) is 1.78. The van der Waals surface area contributed by atoms with Crippen LogP contribution < -0.4 is 10.5 Å². The van der Waals surface area contributed by atoms with Crippen LogP contribution in [0, 0.1) is 0 Å². The SMILES string of the molecule is CCCCc1ccc(Oc2cnc(/C(N)=N/O)cn2)cc1. The average molecular weight is 286 g/mol. The number of nitrogens with two attached hydrogens (primary N) is 1. The van der Waals surface area contributed by atoms with Crippen molar-refractivity contribution in [1.82, 2.24) is 9.97 Å². The fourth-order valence-electron chi connectivity index (χ4n) is 1.78. The van der Waals surface area contributed by atoms with Crippen molar-refractivity contribution in [3.63, 3.8) is 0 Å². The van der Waals surface area contributed by atoms with E-state index in [-0.39, 0.29) is 5.84 Å². The Balaban J connectivity index is 2.01. The third-order valence-electron chi connectivity index (χ3n) is 2.96. The van der Waals surface area contributed by atoms with E-state index in [2.05, 4.69) is 22.0 Å². The van der Waals surface area contributed by atoms with Gasteiger partial charge in [0.2, 0.25) is 5.88 Å². The molecule has 21 heavy (non-hydrogen) atoms. The summed E-state index contributed by atoms with van der Waals surface area (Å²) in [6.07, 6.45) is 6.25. The smallest absolute Gasteiger partial charge is 0.237 e. The molecule has 0 unspecified atom stereocenters. The minimum Gasteiger partial charge on any atom is -0.438 e. The van der Waals surface area contributed by atoms with Crippen molar-refractivity contribution in [3.05, 3.63) is 47.9 Å². The number of rotatable bonds is 6. The zero-order chi connectivity index (χ0) is 15.1. The number of hydrogen-bond donors (Lipinski definition) is 2. The van der Waals surface area contributed by atoms with Crippen molar-refractivity contribution in [3.8, 4) is 11.6 Å². The Morgan fingerprint density at radius 1 is 1.24 bits per heavy atom. The molecular formula is C15H18N4O2. The van der Waals surface area contributed by atoms with Crippen molar-refractivity contribution in [2.24, 2.45) is 10.9 Å². The Kier molecular flexibility index (Phi) is 5.09. The molecule has 0 atom stereocenters. The highest BCUT2D eigenvalue weighted by Crippen LogP contribution is 2.19.